The van der Waals surface area contributed by atoms with Crippen molar-refractivity contribution in [1.82, 2.24) is 5.32 Å². The number of benzene rings is 1. The Kier molecular flexibility index (Phi) is 5.81. The molecule has 0 bridgehead atoms. The van der Waals surface area contributed by atoms with Gasteiger partial charge in [0.15, 0.2) is 0 Å². The van der Waals surface area contributed by atoms with Crippen LogP contribution < -0.4 is 11.1 Å². The van der Waals surface area contributed by atoms with Gasteiger partial charge in [0.1, 0.15) is 5.60 Å². The smallest absolute Gasteiger partial charge is 0.408 e. The summed E-state index contributed by atoms with van der Waals surface area (Å²) in [6.45, 7) is 5.47. The Morgan fingerprint density at radius 2 is 2.00 bits per heavy atom. The number of nitrogen functional groups attached to an aromatic ring is 1. The second-order valence-electron chi connectivity index (χ2n) is 5.45. The molecule has 3 N–H and O–H groups in total. The fourth-order valence-corrected chi connectivity index (χ4v) is 1.50. The lowest BCUT2D eigenvalue weighted by Crippen LogP contribution is -2.32. The van der Waals surface area contributed by atoms with Gasteiger partial charge in [-0.15, -0.1) is 0 Å². The SMILES string of the molecule is COC(=O)c1cc(C#CCNC(=O)OC(C)(C)C)ccc1N. The number of hydrogen-bond donors (Lipinski definition) is 2. The van der Waals surface area contributed by atoms with Gasteiger partial charge >= 0.3 is 12.1 Å². The lowest BCUT2D eigenvalue weighted by Gasteiger charge is -2.18. The third kappa shape index (κ3) is 5.75. The highest BCUT2D eigenvalue weighted by Crippen LogP contribution is 2.14. The molecular weight excluding hydrogens is 284 g/mol. The number of nitrogens with one attached hydrogen (secondary N) is 1. The van der Waals surface area contributed by atoms with Crippen molar-refractivity contribution in [2.45, 2.75) is 26.4 Å². The van der Waals surface area contributed by atoms with Gasteiger partial charge in [0, 0.05) is 11.3 Å². The number of anilines is 1. The molecule has 0 aliphatic rings. The van der Waals surface area contributed by atoms with Gasteiger partial charge in [-0.25, -0.2) is 9.59 Å². The molecule has 0 heterocycles. The van der Waals surface area contributed by atoms with Crippen LogP contribution in [0.1, 0.15) is 36.7 Å². The molecule has 0 spiro atoms. The molecule has 1 amide bonds. The van der Waals surface area contributed by atoms with Gasteiger partial charge in [-0.3, -0.25) is 0 Å². The number of amides is 1. The molecule has 1 rings (SSSR count). The number of hydrogen-bond acceptors (Lipinski definition) is 5. The van der Waals surface area contributed by atoms with E-state index in [9.17, 15) is 9.59 Å². The number of alkyl carbamates (subject to hydrolysis) is 1. The van der Waals surface area contributed by atoms with Gasteiger partial charge in [0.2, 0.25) is 0 Å². The fourth-order valence-electron chi connectivity index (χ4n) is 1.50. The van der Waals surface area contributed by atoms with E-state index in [0.29, 0.717) is 11.3 Å². The van der Waals surface area contributed by atoms with Gasteiger partial charge in [0.25, 0.3) is 0 Å². The van der Waals surface area contributed by atoms with Crippen molar-refractivity contribution in [3.8, 4) is 11.8 Å². The zero-order chi connectivity index (χ0) is 16.8. The van der Waals surface area contributed by atoms with Crippen LogP contribution in [0, 0.1) is 11.8 Å². The van der Waals surface area contributed by atoms with E-state index in [1.165, 1.54) is 7.11 Å². The van der Waals surface area contributed by atoms with Crippen molar-refractivity contribution in [2.75, 3.05) is 19.4 Å². The van der Waals surface area contributed by atoms with Crippen molar-refractivity contribution < 1.29 is 19.1 Å². The number of esters is 1. The Morgan fingerprint density at radius 3 is 2.59 bits per heavy atom. The highest BCUT2D eigenvalue weighted by molar-refractivity contribution is 5.95. The van der Waals surface area contributed by atoms with E-state index in [4.69, 9.17) is 10.5 Å². The number of carbonyl (C=O) groups excluding carboxylic acids is 2. The first-order valence-corrected chi connectivity index (χ1v) is 6.66. The Hall–Kier alpha value is -2.68. The van der Waals surface area contributed by atoms with Crippen LogP contribution in [0.15, 0.2) is 18.2 Å². The zero-order valence-corrected chi connectivity index (χ0v) is 13.1. The predicted octanol–water partition coefficient (Wildman–Crippen LogP) is 1.93. The van der Waals surface area contributed by atoms with Gasteiger partial charge in [-0.2, -0.15) is 0 Å². The average molecular weight is 304 g/mol. The van der Waals surface area contributed by atoms with E-state index < -0.39 is 17.7 Å². The molecule has 0 aromatic heterocycles. The van der Waals surface area contributed by atoms with E-state index in [2.05, 4.69) is 21.9 Å². The first kappa shape index (κ1) is 17.4. The summed E-state index contributed by atoms with van der Waals surface area (Å²) in [6, 6.07) is 4.81. The molecule has 118 valence electrons. The first-order chi connectivity index (χ1) is 10.2. The van der Waals surface area contributed by atoms with Crippen molar-refractivity contribution in [3.05, 3.63) is 29.3 Å². The van der Waals surface area contributed by atoms with Gasteiger partial charge in [-0.1, -0.05) is 11.8 Å². The van der Waals surface area contributed by atoms with Crippen molar-refractivity contribution >= 4 is 17.7 Å². The molecule has 6 nitrogen and oxygen atoms in total. The Balaban J connectivity index is 2.66. The van der Waals surface area contributed by atoms with Crippen molar-refractivity contribution in [1.29, 1.82) is 0 Å². The van der Waals surface area contributed by atoms with Crippen LogP contribution in [-0.2, 0) is 9.47 Å². The average Bonchev–Trinajstić information content (AvgIpc) is 2.42. The molecular formula is C16H20N2O4. The summed E-state index contributed by atoms with van der Waals surface area (Å²) in [6.07, 6.45) is -0.533. The highest BCUT2D eigenvalue weighted by atomic mass is 16.6. The van der Waals surface area contributed by atoms with Crippen LogP contribution in [0.2, 0.25) is 0 Å². The number of methoxy groups -OCH3 is 1. The first-order valence-electron chi connectivity index (χ1n) is 6.66. The molecule has 0 aliphatic heterocycles. The number of nitrogens with two attached hydrogens (primary N) is 1. The maximum absolute atomic E-state index is 11.5. The summed E-state index contributed by atoms with van der Waals surface area (Å²) >= 11 is 0. The minimum absolute atomic E-state index is 0.132. The lowest BCUT2D eigenvalue weighted by molar-refractivity contribution is 0.0533. The summed E-state index contributed by atoms with van der Waals surface area (Å²) in [5.74, 6) is 5.07. The molecule has 0 saturated heterocycles. The van der Waals surface area contributed by atoms with E-state index in [1.54, 1.807) is 39.0 Å². The topological polar surface area (TPSA) is 90.6 Å². The van der Waals surface area contributed by atoms with Crippen LogP contribution in [-0.4, -0.2) is 31.3 Å². The number of ether oxygens (including phenoxy) is 2. The summed E-state index contributed by atoms with van der Waals surface area (Å²) < 4.78 is 9.71. The minimum atomic E-state index is -0.552. The quantitative estimate of drug-likeness (QED) is 0.495. The molecule has 1 aromatic carbocycles. The van der Waals surface area contributed by atoms with Crippen molar-refractivity contribution in [2.24, 2.45) is 0 Å². The van der Waals surface area contributed by atoms with Gasteiger partial charge < -0.3 is 20.5 Å². The van der Waals surface area contributed by atoms with Crippen LogP contribution in [0.4, 0.5) is 10.5 Å². The monoisotopic (exact) mass is 304 g/mol. The van der Waals surface area contributed by atoms with Crippen LogP contribution in [0.3, 0.4) is 0 Å². The minimum Gasteiger partial charge on any atom is -0.465 e. The van der Waals surface area contributed by atoms with E-state index in [1.807, 2.05) is 0 Å². The lowest BCUT2D eigenvalue weighted by atomic mass is 10.1. The molecule has 0 unspecified atom stereocenters. The molecule has 0 fully saturated rings. The highest BCUT2D eigenvalue weighted by Gasteiger charge is 2.15. The number of carbonyl (C=O) groups is 2. The van der Waals surface area contributed by atoms with Gasteiger partial charge in [-0.05, 0) is 39.0 Å². The van der Waals surface area contributed by atoms with Crippen molar-refractivity contribution in [3.63, 3.8) is 0 Å². The normalized spacial score (nSPS) is 10.2. The Labute approximate surface area is 130 Å². The summed E-state index contributed by atoms with van der Waals surface area (Å²) in [5, 5.41) is 2.52. The molecule has 0 saturated carbocycles. The fraction of sp³-hybridized carbons (Fsp3) is 0.375. The van der Waals surface area contributed by atoms with E-state index >= 15 is 0 Å². The summed E-state index contributed by atoms with van der Waals surface area (Å²) in [7, 11) is 1.28. The second kappa shape index (κ2) is 7.36. The molecule has 0 aliphatic carbocycles. The molecule has 22 heavy (non-hydrogen) atoms. The van der Waals surface area contributed by atoms with Crippen LogP contribution in [0.5, 0.6) is 0 Å². The summed E-state index contributed by atoms with van der Waals surface area (Å²) in [4.78, 5) is 22.9. The molecule has 0 atom stereocenters. The standard InChI is InChI=1S/C16H20N2O4/c1-16(2,3)22-15(20)18-9-5-6-11-7-8-13(17)12(10-11)14(19)21-4/h7-8,10H,9,17H2,1-4H3,(H,18,20). The molecule has 0 radical (unpaired) electrons. The third-order valence-corrected chi connectivity index (χ3v) is 2.41. The second-order valence-corrected chi connectivity index (χ2v) is 5.45. The largest absolute Gasteiger partial charge is 0.465 e. The molecule has 6 heteroatoms. The maximum atomic E-state index is 11.5. The number of rotatable bonds is 2. The third-order valence-electron chi connectivity index (χ3n) is 2.41. The van der Waals surface area contributed by atoms with Gasteiger partial charge in [0.05, 0.1) is 19.2 Å². The Morgan fingerprint density at radius 1 is 1.32 bits per heavy atom. The van der Waals surface area contributed by atoms with E-state index in [0.717, 1.165) is 0 Å². The predicted molar refractivity (Wildman–Crippen MR) is 83.3 cm³/mol. The zero-order valence-electron chi connectivity index (χ0n) is 13.1. The maximum Gasteiger partial charge on any atom is 0.408 e. The van der Waals surface area contributed by atoms with Crippen LogP contribution >= 0.6 is 0 Å². The van der Waals surface area contributed by atoms with Crippen LogP contribution in [0.25, 0.3) is 0 Å². The van der Waals surface area contributed by atoms with E-state index in [-0.39, 0.29) is 12.1 Å². The Bertz CT molecular complexity index is 621. The molecule has 1 aromatic rings. The summed E-state index contributed by atoms with van der Waals surface area (Å²) in [5.41, 5.74) is 6.32.